The molecule has 3 N–H and O–H groups in total. The minimum atomic E-state index is -0.250. The molecule has 0 aliphatic rings. The molecule has 14 heavy (non-hydrogen) atoms. The van der Waals surface area contributed by atoms with E-state index < -0.39 is 0 Å². The zero-order valence-electron chi connectivity index (χ0n) is 8.83. The van der Waals surface area contributed by atoms with Crippen LogP contribution in [0.4, 0.5) is 5.82 Å². The second kappa shape index (κ2) is 4.97. The smallest absolute Gasteiger partial charge is 0.162 e. The van der Waals surface area contributed by atoms with Crippen molar-refractivity contribution >= 4 is 5.82 Å². The number of nitrogens with two attached hydrogens (primary N) is 1. The third kappa shape index (κ3) is 2.24. The first-order chi connectivity index (χ1) is 6.72. The molecular weight excluding hydrogens is 182 g/mol. The van der Waals surface area contributed by atoms with Crippen LogP contribution in [0.15, 0.2) is 0 Å². The van der Waals surface area contributed by atoms with Gasteiger partial charge in [0.2, 0.25) is 0 Å². The first kappa shape index (κ1) is 11.0. The molecule has 80 valence electrons. The lowest BCUT2D eigenvalue weighted by Crippen LogP contribution is -2.17. The van der Waals surface area contributed by atoms with Crippen molar-refractivity contribution in [1.82, 2.24) is 10.2 Å². The molecule has 0 saturated heterocycles. The lowest BCUT2D eigenvalue weighted by Gasteiger charge is -2.12. The number of rotatable bonds is 5. The van der Waals surface area contributed by atoms with Gasteiger partial charge in [-0.05, 0) is 6.42 Å². The monoisotopic (exact) mass is 199 g/mol. The van der Waals surface area contributed by atoms with Gasteiger partial charge in [0.1, 0.15) is 5.82 Å². The zero-order valence-corrected chi connectivity index (χ0v) is 8.83. The van der Waals surface area contributed by atoms with Crippen LogP contribution in [0, 0.1) is 0 Å². The van der Waals surface area contributed by atoms with Crippen LogP contribution in [0.1, 0.15) is 18.2 Å². The van der Waals surface area contributed by atoms with E-state index in [1.54, 1.807) is 14.2 Å². The molecule has 0 radical (unpaired) electrons. The van der Waals surface area contributed by atoms with E-state index in [0.29, 0.717) is 12.2 Å². The Morgan fingerprint density at radius 3 is 2.57 bits per heavy atom. The summed E-state index contributed by atoms with van der Waals surface area (Å²) in [5.74, 6) is 0.563. The Balaban J connectivity index is 2.74. The fraction of sp³-hybridized carbons (Fsp3) is 0.667. The highest BCUT2D eigenvalue weighted by Crippen LogP contribution is 2.16. The van der Waals surface area contributed by atoms with Crippen molar-refractivity contribution in [1.29, 1.82) is 0 Å². The molecule has 0 spiro atoms. The molecule has 0 fully saturated rings. The fourth-order valence-electron chi connectivity index (χ4n) is 1.41. The molecular formula is C9H17N3O2. The summed E-state index contributed by atoms with van der Waals surface area (Å²) in [7, 11) is 3.22. The highest BCUT2D eigenvalue weighted by molar-refractivity contribution is 5.42. The van der Waals surface area contributed by atoms with Gasteiger partial charge in [-0.25, -0.2) is 0 Å². The third-order valence-corrected chi connectivity index (χ3v) is 2.23. The Hall–Kier alpha value is -1.07. The number of methoxy groups -OCH3 is 2. The molecule has 0 bridgehead atoms. The van der Waals surface area contributed by atoms with E-state index in [0.717, 1.165) is 17.7 Å². The van der Waals surface area contributed by atoms with Crippen LogP contribution in [0.2, 0.25) is 0 Å². The van der Waals surface area contributed by atoms with Gasteiger partial charge in [-0.2, -0.15) is 5.10 Å². The molecule has 0 atom stereocenters. The molecule has 0 aliphatic heterocycles. The van der Waals surface area contributed by atoms with Gasteiger partial charge in [0.25, 0.3) is 0 Å². The van der Waals surface area contributed by atoms with Crippen LogP contribution in [-0.2, 0) is 22.3 Å². The van der Waals surface area contributed by atoms with Gasteiger partial charge in [-0.15, -0.1) is 0 Å². The minimum absolute atomic E-state index is 0.250. The van der Waals surface area contributed by atoms with Crippen molar-refractivity contribution < 1.29 is 9.47 Å². The first-order valence-corrected chi connectivity index (χ1v) is 4.60. The molecule has 0 amide bonds. The van der Waals surface area contributed by atoms with Crippen molar-refractivity contribution in [3.63, 3.8) is 0 Å². The summed E-state index contributed by atoms with van der Waals surface area (Å²) in [6, 6.07) is 0. The Morgan fingerprint density at radius 2 is 2.07 bits per heavy atom. The van der Waals surface area contributed by atoms with E-state index >= 15 is 0 Å². The minimum Gasteiger partial charge on any atom is -0.382 e. The second-order valence-corrected chi connectivity index (χ2v) is 3.02. The van der Waals surface area contributed by atoms with Gasteiger partial charge in [0.15, 0.2) is 6.29 Å². The highest BCUT2D eigenvalue weighted by Gasteiger charge is 2.13. The molecule has 5 nitrogen and oxygen atoms in total. The largest absolute Gasteiger partial charge is 0.382 e. The number of aromatic nitrogens is 2. The Morgan fingerprint density at radius 1 is 1.43 bits per heavy atom. The van der Waals surface area contributed by atoms with Crippen LogP contribution < -0.4 is 5.73 Å². The standard InChI is InChI=1S/C9H17N3O2/c1-4-6-7(11-12-9(6)10)5-8(13-2)14-3/h8H,4-5H2,1-3H3,(H3,10,11,12). The van der Waals surface area contributed by atoms with Crippen molar-refractivity contribution in [2.75, 3.05) is 20.0 Å². The molecule has 1 rings (SSSR count). The number of nitrogen functional groups attached to an aromatic ring is 1. The molecule has 0 aromatic carbocycles. The van der Waals surface area contributed by atoms with Crippen LogP contribution in [0.5, 0.6) is 0 Å². The number of ether oxygens (including phenoxy) is 2. The molecule has 0 unspecified atom stereocenters. The zero-order chi connectivity index (χ0) is 10.6. The van der Waals surface area contributed by atoms with Crippen LogP contribution in [-0.4, -0.2) is 30.7 Å². The predicted octanol–water partition coefficient (Wildman–Crippen LogP) is 0.716. The van der Waals surface area contributed by atoms with E-state index in [4.69, 9.17) is 15.2 Å². The van der Waals surface area contributed by atoms with E-state index in [1.807, 2.05) is 6.92 Å². The molecule has 1 aromatic heterocycles. The van der Waals surface area contributed by atoms with Crippen molar-refractivity contribution in [3.05, 3.63) is 11.3 Å². The number of H-pyrrole nitrogens is 1. The van der Waals surface area contributed by atoms with Gasteiger partial charge < -0.3 is 15.2 Å². The number of aromatic amines is 1. The highest BCUT2D eigenvalue weighted by atomic mass is 16.7. The summed E-state index contributed by atoms with van der Waals surface area (Å²) in [5, 5.41) is 6.84. The average molecular weight is 199 g/mol. The topological polar surface area (TPSA) is 73.2 Å². The second-order valence-electron chi connectivity index (χ2n) is 3.02. The summed E-state index contributed by atoms with van der Waals surface area (Å²) in [6.45, 7) is 2.04. The average Bonchev–Trinajstić information content (AvgIpc) is 2.55. The molecule has 0 aliphatic carbocycles. The number of anilines is 1. The van der Waals surface area contributed by atoms with E-state index in [2.05, 4.69) is 10.2 Å². The number of hydrogen-bond donors (Lipinski definition) is 2. The SMILES string of the molecule is CCc1c(N)n[nH]c1CC(OC)OC. The quantitative estimate of drug-likeness (QED) is 0.685. The van der Waals surface area contributed by atoms with Gasteiger partial charge in [-0.1, -0.05) is 6.92 Å². The lowest BCUT2D eigenvalue weighted by molar-refractivity contribution is -0.101. The maximum Gasteiger partial charge on any atom is 0.162 e. The third-order valence-electron chi connectivity index (χ3n) is 2.23. The maximum absolute atomic E-state index is 5.69. The normalized spacial score (nSPS) is 11.1. The van der Waals surface area contributed by atoms with Crippen LogP contribution in [0.3, 0.4) is 0 Å². The maximum atomic E-state index is 5.69. The predicted molar refractivity (Wildman–Crippen MR) is 53.9 cm³/mol. The Bertz CT molecular complexity index is 282. The van der Waals surface area contributed by atoms with Crippen LogP contribution >= 0.6 is 0 Å². The van der Waals surface area contributed by atoms with Gasteiger partial charge in [0, 0.05) is 31.9 Å². The number of nitrogens with zero attached hydrogens (tertiary/aromatic N) is 1. The summed E-state index contributed by atoms with van der Waals surface area (Å²) in [6.07, 6.45) is 1.25. The molecule has 1 aromatic rings. The molecule has 1 heterocycles. The Labute approximate surface area is 83.6 Å². The molecule has 5 heteroatoms. The summed E-state index contributed by atoms with van der Waals surface area (Å²) < 4.78 is 10.2. The fourth-order valence-corrected chi connectivity index (χ4v) is 1.41. The van der Waals surface area contributed by atoms with E-state index in [9.17, 15) is 0 Å². The molecule has 0 saturated carbocycles. The van der Waals surface area contributed by atoms with Gasteiger partial charge >= 0.3 is 0 Å². The summed E-state index contributed by atoms with van der Waals surface area (Å²) in [4.78, 5) is 0. The summed E-state index contributed by atoms with van der Waals surface area (Å²) >= 11 is 0. The Kier molecular flexibility index (Phi) is 3.91. The number of nitrogens with one attached hydrogen (secondary N) is 1. The van der Waals surface area contributed by atoms with Gasteiger partial charge in [-0.3, -0.25) is 5.10 Å². The number of hydrogen-bond acceptors (Lipinski definition) is 4. The van der Waals surface area contributed by atoms with Crippen molar-refractivity contribution in [2.24, 2.45) is 0 Å². The van der Waals surface area contributed by atoms with Crippen molar-refractivity contribution in [2.45, 2.75) is 26.1 Å². The van der Waals surface area contributed by atoms with E-state index in [1.165, 1.54) is 0 Å². The first-order valence-electron chi connectivity index (χ1n) is 4.60. The lowest BCUT2D eigenvalue weighted by atomic mass is 10.1. The van der Waals surface area contributed by atoms with Gasteiger partial charge in [0.05, 0.1) is 0 Å². The van der Waals surface area contributed by atoms with Crippen molar-refractivity contribution in [3.8, 4) is 0 Å². The van der Waals surface area contributed by atoms with E-state index in [-0.39, 0.29) is 6.29 Å². The summed E-state index contributed by atoms with van der Waals surface area (Å²) in [5.41, 5.74) is 7.72. The van der Waals surface area contributed by atoms with Crippen LogP contribution in [0.25, 0.3) is 0 Å².